The Morgan fingerprint density at radius 1 is 1.02 bits per heavy atom. The monoisotopic (exact) mass is 823 g/mol. The number of amides is 1. The fourth-order valence-corrected chi connectivity index (χ4v) is 8.40. The first-order chi connectivity index (χ1) is 27.9. The Labute approximate surface area is 339 Å². The number of amidine groups is 1. The third-order valence-electron chi connectivity index (χ3n) is 10.1. The van der Waals surface area contributed by atoms with Gasteiger partial charge in [-0.25, -0.2) is 23.5 Å². The molecular formula is C40H52F3N11O3S. The second kappa shape index (κ2) is 20.6. The molecule has 0 radical (unpaired) electrons. The first-order valence-electron chi connectivity index (χ1n) is 19.2. The Hall–Kier alpha value is -5.04. The molecule has 312 valence electrons. The molecule has 0 spiro atoms. The van der Waals surface area contributed by atoms with E-state index in [2.05, 4.69) is 41.9 Å². The second-order valence-corrected chi connectivity index (χ2v) is 15.8. The Bertz CT molecular complexity index is 2030. The second-order valence-electron chi connectivity index (χ2n) is 14.3. The van der Waals surface area contributed by atoms with Crippen molar-refractivity contribution in [3.05, 3.63) is 83.4 Å². The summed E-state index contributed by atoms with van der Waals surface area (Å²) in [4.78, 5) is 38.9. The van der Waals surface area contributed by atoms with E-state index in [-0.39, 0.29) is 42.2 Å². The number of aryl methyl sites for hydroxylation is 1. The number of aromatic nitrogens is 4. The average molecular weight is 824 g/mol. The van der Waals surface area contributed by atoms with E-state index in [0.29, 0.717) is 43.8 Å². The van der Waals surface area contributed by atoms with E-state index in [1.807, 2.05) is 54.8 Å². The van der Waals surface area contributed by atoms with E-state index >= 15 is 0 Å². The molecule has 0 aliphatic carbocycles. The van der Waals surface area contributed by atoms with E-state index in [0.717, 1.165) is 61.1 Å². The van der Waals surface area contributed by atoms with Gasteiger partial charge in [0.2, 0.25) is 12.4 Å². The predicted molar refractivity (Wildman–Crippen MR) is 219 cm³/mol. The van der Waals surface area contributed by atoms with Gasteiger partial charge >= 0.3 is 6.18 Å². The number of hydrogen-bond donors (Lipinski definition) is 4. The molecule has 2 aliphatic heterocycles. The maximum Gasteiger partial charge on any atom is 0.420 e. The van der Waals surface area contributed by atoms with Gasteiger partial charge in [0.05, 0.1) is 11.2 Å². The molecule has 2 aliphatic rings. The van der Waals surface area contributed by atoms with Crippen molar-refractivity contribution in [1.29, 1.82) is 5.41 Å². The van der Waals surface area contributed by atoms with Crippen molar-refractivity contribution < 1.29 is 27.0 Å². The molecule has 6 rings (SSSR count). The van der Waals surface area contributed by atoms with Gasteiger partial charge in [0.15, 0.2) is 0 Å². The Morgan fingerprint density at radius 3 is 2.36 bits per heavy atom. The largest absolute Gasteiger partial charge is 0.420 e. The fourth-order valence-electron chi connectivity index (χ4n) is 7.11. The lowest BCUT2D eigenvalue weighted by atomic mass is 9.88. The summed E-state index contributed by atoms with van der Waals surface area (Å²) in [7, 11) is 5.84. The topological polar surface area (TPSA) is 164 Å². The maximum atomic E-state index is 13.7. The predicted octanol–water partition coefficient (Wildman–Crippen LogP) is 5.12. The zero-order chi connectivity index (χ0) is 41.8. The molecular weight excluding hydrogens is 772 g/mol. The van der Waals surface area contributed by atoms with Crippen LogP contribution in [-0.2, 0) is 40.3 Å². The molecule has 18 heteroatoms. The Kier molecular flexibility index (Phi) is 15.6. The summed E-state index contributed by atoms with van der Waals surface area (Å²) in [5.74, 6) is 0.487. The van der Waals surface area contributed by atoms with Gasteiger partial charge in [0.25, 0.3) is 0 Å². The number of piperidine rings is 2. The van der Waals surface area contributed by atoms with Crippen molar-refractivity contribution in [2.45, 2.75) is 61.7 Å². The summed E-state index contributed by atoms with van der Waals surface area (Å²) in [5.41, 5.74) is 2.50. The zero-order valence-electron chi connectivity index (χ0n) is 33.3. The molecule has 58 heavy (non-hydrogen) atoms. The average Bonchev–Trinajstić information content (AvgIpc) is 3.67. The maximum absolute atomic E-state index is 13.7. The third kappa shape index (κ3) is 11.3. The van der Waals surface area contributed by atoms with Crippen LogP contribution in [-0.4, -0.2) is 116 Å². The minimum Gasteiger partial charge on any atom is -0.388 e. The number of aldehydes is 1. The van der Waals surface area contributed by atoms with Gasteiger partial charge in [0.1, 0.15) is 40.1 Å². The summed E-state index contributed by atoms with van der Waals surface area (Å²) in [5, 5.41) is 17.6. The summed E-state index contributed by atoms with van der Waals surface area (Å²) in [6, 6.07) is 13.7. The Balaban J connectivity index is 0.00000207. The number of rotatable bonds is 14. The number of anilines is 2. The number of carbonyl (C=O) groups excluding carboxylic acids is 2. The fraction of sp³-hybridized carbons (Fsp3) is 0.450. The van der Waals surface area contributed by atoms with Gasteiger partial charge in [-0.05, 0) is 94.2 Å². The summed E-state index contributed by atoms with van der Waals surface area (Å²) < 4.78 is 58.3. The van der Waals surface area contributed by atoms with Gasteiger partial charge < -0.3 is 25.3 Å². The number of alkyl halides is 3. The standard InChI is InChI=1S/C38H45F3N10O3S.C2H7N/c1-43-33-20-28(7-8-31(33)36(42)50(25-53)13-4-18-52)27-9-14-49(15-10-27)22-26-5-3-6-30(19-26)55(54)51-16-11-29(12-17-51)46-37-44-21-32(38(39,40)41)35(47-37)34-23-48(2)24-45-34;1-3-2/h3,5-8,18-21,23-25,27,29,42-43H,4,9-17,22H2,1-2H3,(H,44,46,47);3H,1-2H3. The Morgan fingerprint density at radius 2 is 1.74 bits per heavy atom. The van der Waals surface area contributed by atoms with Crippen LogP contribution in [0.2, 0.25) is 0 Å². The van der Waals surface area contributed by atoms with Crippen LogP contribution in [0.5, 0.6) is 0 Å². The molecule has 1 unspecified atom stereocenters. The first-order valence-corrected chi connectivity index (χ1v) is 20.3. The number of benzene rings is 2. The molecule has 1 atom stereocenters. The van der Waals surface area contributed by atoms with Crippen molar-refractivity contribution in [1.82, 2.24) is 38.9 Å². The molecule has 1 amide bonds. The van der Waals surface area contributed by atoms with E-state index in [1.54, 1.807) is 18.7 Å². The molecule has 2 aromatic heterocycles. The summed E-state index contributed by atoms with van der Waals surface area (Å²) in [6.07, 6.45) is 3.68. The molecule has 2 fully saturated rings. The van der Waals surface area contributed by atoms with E-state index in [4.69, 9.17) is 5.41 Å². The number of halogens is 3. The number of nitrogens with zero attached hydrogens (tertiary/aromatic N) is 7. The van der Waals surface area contributed by atoms with Crippen molar-refractivity contribution in [3.63, 3.8) is 0 Å². The van der Waals surface area contributed by atoms with Crippen molar-refractivity contribution in [3.8, 4) is 11.4 Å². The zero-order valence-corrected chi connectivity index (χ0v) is 34.1. The number of carbonyl (C=O) groups is 2. The van der Waals surface area contributed by atoms with E-state index in [9.17, 15) is 27.0 Å². The highest BCUT2D eigenvalue weighted by molar-refractivity contribution is 7.82. The molecule has 4 aromatic rings. The highest BCUT2D eigenvalue weighted by atomic mass is 32.2. The van der Waals surface area contributed by atoms with Gasteiger partial charge in [0, 0.05) is 76.4 Å². The minimum atomic E-state index is -4.63. The molecule has 0 bridgehead atoms. The van der Waals surface area contributed by atoms with Crippen molar-refractivity contribution in [2.24, 2.45) is 7.05 Å². The minimum absolute atomic E-state index is 0.0509. The SMILES string of the molecule is CNC.CNc1cc(C2CCN(Cc3cccc(S(=O)N4CCC(Nc5ncc(C(F)(F)F)c(-c6cn(C)cn6)n5)CC4)c3)CC2)ccc1C(=N)N(C=O)CCC=O. The molecule has 4 heterocycles. The molecule has 2 aromatic carbocycles. The molecule has 14 nitrogen and oxygen atoms in total. The molecule has 2 saturated heterocycles. The summed E-state index contributed by atoms with van der Waals surface area (Å²) >= 11 is 0. The molecule has 4 N–H and O–H groups in total. The van der Waals surface area contributed by atoms with Crippen LogP contribution >= 0.6 is 0 Å². The lowest BCUT2D eigenvalue weighted by molar-refractivity contribution is -0.137. The number of likely N-dealkylation sites (tertiary alicyclic amines) is 1. The highest BCUT2D eigenvalue weighted by Gasteiger charge is 2.36. The number of nitrogens with one attached hydrogen (secondary N) is 4. The lowest BCUT2D eigenvalue weighted by Crippen LogP contribution is -2.40. The molecule has 0 saturated carbocycles. The van der Waals surface area contributed by atoms with Gasteiger partial charge in [-0.1, -0.05) is 18.2 Å². The van der Waals surface area contributed by atoms with Crippen LogP contribution in [0.25, 0.3) is 11.4 Å². The van der Waals surface area contributed by atoms with E-state index < -0.39 is 22.7 Å². The normalized spacial score (nSPS) is 16.2. The lowest BCUT2D eigenvalue weighted by Gasteiger charge is -2.33. The van der Waals surface area contributed by atoms with Crippen LogP contribution in [0.1, 0.15) is 60.3 Å². The summed E-state index contributed by atoms with van der Waals surface area (Å²) in [6.45, 7) is 3.74. The van der Waals surface area contributed by atoms with Gasteiger partial charge in [-0.2, -0.15) is 13.2 Å². The smallest absolute Gasteiger partial charge is 0.388 e. The quantitative estimate of drug-likeness (QED) is 0.0763. The third-order valence-corrected chi connectivity index (χ3v) is 11.6. The number of hydrogen-bond acceptors (Lipinski definition) is 11. The van der Waals surface area contributed by atoms with Gasteiger partial charge in [-0.15, -0.1) is 0 Å². The van der Waals surface area contributed by atoms with Crippen LogP contribution in [0.15, 0.2) is 66.1 Å². The van der Waals surface area contributed by atoms with E-state index in [1.165, 1.54) is 23.0 Å². The van der Waals surface area contributed by atoms with Crippen LogP contribution in [0, 0.1) is 5.41 Å². The van der Waals surface area contributed by atoms with Crippen LogP contribution in [0.4, 0.5) is 24.8 Å². The van der Waals surface area contributed by atoms with Crippen molar-refractivity contribution in [2.75, 3.05) is 64.5 Å². The van der Waals surface area contributed by atoms with Crippen molar-refractivity contribution >= 4 is 41.2 Å². The van der Waals surface area contributed by atoms with Gasteiger partial charge in [-0.3, -0.25) is 20.0 Å². The first kappa shape index (κ1) is 44.1. The number of imidazole rings is 1. The highest BCUT2D eigenvalue weighted by Crippen LogP contribution is 2.36. The van der Waals surface area contributed by atoms with Crippen LogP contribution in [0.3, 0.4) is 0 Å². The van der Waals surface area contributed by atoms with Crippen LogP contribution < -0.4 is 16.0 Å².